The van der Waals surface area contributed by atoms with Crippen LogP contribution < -0.4 is 4.74 Å². The minimum Gasteiger partial charge on any atom is -0.475 e. The lowest BCUT2D eigenvalue weighted by Gasteiger charge is -2.32. The summed E-state index contributed by atoms with van der Waals surface area (Å²) in [5, 5.41) is 7.12. The zero-order valence-corrected chi connectivity index (χ0v) is 16.4. The Morgan fingerprint density at radius 3 is 2.45 bits per heavy atom. The average molecular weight is 443 g/mol. The van der Waals surface area contributed by atoms with E-state index in [9.17, 15) is 22.4 Å². The quantitative estimate of drug-likeness (QED) is 0.737. The van der Waals surface area contributed by atoms with Gasteiger partial charge in [0, 0.05) is 24.0 Å². The van der Waals surface area contributed by atoms with E-state index in [1.54, 1.807) is 0 Å². The maximum atomic E-state index is 13.9. The molecule has 2 aromatic heterocycles. The van der Waals surface area contributed by atoms with E-state index in [0.717, 1.165) is 25.0 Å². The summed E-state index contributed by atoms with van der Waals surface area (Å²) in [6.45, 7) is 1.60. The first-order valence-electron chi connectivity index (χ1n) is 9.65. The molecule has 31 heavy (non-hydrogen) atoms. The SMILES string of the molecule is O=C(C1CCC1)N1Cc2cccn2CC(Oc2ncccc2F)C1.O=C(O)C(F)(F)F. The van der Waals surface area contributed by atoms with Crippen LogP contribution in [0.25, 0.3) is 0 Å². The number of halogens is 4. The second-order valence-corrected chi connectivity index (χ2v) is 7.33. The van der Waals surface area contributed by atoms with Crippen molar-refractivity contribution in [3.63, 3.8) is 0 Å². The van der Waals surface area contributed by atoms with Crippen LogP contribution in [0.4, 0.5) is 17.6 Å². The number of carboxylic acids is 1. The van der Waals surface area contributed by atoms with Crippen LogP contribution in [-0.2, 0) is 22.7 Å². The van der Waals surface area contributed by atoms with E-state index in [1.165, 1.54) is 18.3 Å². The zero-order valence-electron chi connectivity index (χ0n) is 16.4. The number of alkyl halides is 3. The summed E-state index contributed by atoms with van der Waals surface area (Å²) in [4.78, 5) is 27.4. The number of nitrogens with zero attached hydrogens (tertiary/aromatic N) is 3. The van der Waals surface area contributed by atoms with Crippen LogP contribution in [0.2, 0.25) is 0 Å². The van der Waals surface area contributed by atoms with Crippen LogP contribution >= 0.6 is 0 Å². The summed E-state index contributed by atoms with van der Waals surface area (Å²) in [7, 11) is 0. The highest BCUT2D eigenvalue weighted by Crippen LogP contribution is 2.30. The predicted molar refractivity (Wildman–Crippen MR) is 99.5 cm³/mol. The van der Waals surface area contributed by atoms with Crippen molar-refractivity contribution >= 4 is 11.9 Å². The Balaban J connectivity index is 0.000000339. The van der Waals surface area contributed by atoms with Gasteiger partial charge in [0.1, 0.15) is 6.10 Å². The van der Waals surface area contributed by atoms with Gasteiger partial charge in [-0.3, -0.25) is 4.79 Å². The Hall–Kier alpha value is -3.11. The van der Waals surface area contributed by atoms with Crippen molar-refractivity contribution in [1.82, 2.24) is 14.5 Å². The molecule has 2 aliphatic rings. The number of aromatic nitrogens is 2. The normalized spacial score (nSPS) is 18.7. The largest absolute Gasteiger partial charge is 0.490 e. The lowest BCUT2D eigenvalue weighted by atomic mass is 9.84. The number of amides is 1. The summed E-state index contributed by atoms with van der Waals surface area (Å²) >= 11 is 0. The molecule has 1 saturated carbocycles. The van der Waals surface area contributed by atoms with E-state index in [2.05, 4.69) is 9.55 Å². The smallest absolute Gasteiger partial charge is 0.475 e. The molecule has 1 aliphatic carbocycles. The molecule has 0 saturated heterocycles. The van der Waals surface area contributed by atoms with Gasteiger partial charge in [-0.1, -0.05) is 6.42 Å². The fourth-order valence-corrected chi connectivity index (χ4v) is 3.33. The summed E-state index contributed by atoms with van der Waals surface area (Å²) in [6.07, 6.45) is 1.13. The van der Waals surface area contributed by atoms with Gasteiger partial charge in [-0.15, -0.1) is 0 Å². The number of hydrogen-bond acceptors (Lipinski definition) is 4. The van der Waals surface area contributed by atoms with Crippen molar-refractivity contribution in [2.24, 2.45) is 5.92 Å². The van der Waals surface area contributed by atoms with E-state index in [0.29, 0.717) is 19.6 Å². The highest BCUT2D eigenvalue weighted by molar-refractivity contribution is 5.79. The predicted octanol–water partition coefficient (Wildman–Crippen LogP) is 3.25. The van der Waals surface area contributed by atoms with Gasteiger partial charge in [0.25, 0.3) is 5.88 Å². The summed E-state index contributed by atoms with van der Waals surface area (Å²) < 4.78 is 53.5. The lowest BCUT2D eigenvalue weighted by molar-refractivity contribution is -0.192. The van der Waals surface area contributed by atoms with Crippen molar-refractivity contribution < 1.29 is 37.0 Å². The van der Waals surface area contributed by atoms with Crippen molar-refractivity contribution in [2.45, 2.75) is 44.6 Å². The molecule has 0 bridgehead atoms. The molecular formula is C20H21F4N3O4. The van der Waals surface area contributed by atoms with E-state index in [4.69, 9.17) is 14.6 Å². The second kappa shape index (κ2) is 9.36. The number of fused-ring (bicyclic) bond motifs is 1. The number of carbonyl (C=O) groups excluding carboxylic acids is 1. The van der Waals surface area contributed by atoms with Crippen LogP contribution in [0.3, 0.4) is 0 Å². The first-order valence-corrected chi connectivity index (χ1v) is 9.65. The molecule has 4 rings (SSSR count). The molecule has 1 amide bonds. The van der Waals surface area contributed by atoms with E-state index in [-0.39, 0.29) is 23.8 Å². The molecule has 168 valence electrons. The third-order valence-electron chi connectivity index (χ3n) is 5.11. The first-order chi connectivity index (χ1) is 14.6. The van der Waals surface area contributed by atoms with E-state index in [1.807, 2.05) is 23.2 Å². The topological polar surface area (TPSA) is 84.7 Å². The number of ether oxygens (including phenoxy) is 1. The van der Waals surface area contributed by atoms with E-state index < -0.39 is 18.0 Å². The average Bonchev–Trinajstić information content (AvgIpc) is 3.00. The molecule has 0 radical (unpaired) electrons. The van der Waals surface area contributed by atoms with Gasteiger partial charge in [-0.05, 0) is 37.1 Å². The van der Waals surface area contributed by atoms with Crippen LogP contribution in [0, 0.1) is 11.7 Å². The monoisotopic (exact) mass is 443 g/mol. The maximum Gasteiger partial charge on any atom is 0.490 e. The minimum absolute atomic E-state index is 0.00542. The molecule has 0 spiro atoms. The molecular weight excluding hydrogens is 422 g/mol. The third kappa shape index (κ3) is 5.74. The molecule has 1 fully saturated rings. The van der Waals surface area contributed by atoms with Crippen LogP contribution in [0.15, 0.2) is 36.7 Å². The number of carbonyl (C=O) groups is 2. The maximum absolute atomic E-state index is 13.9. The van der Waals surface area contributed by atoms with Gasteiger partial charge < -0.3 is 19.3 Å². The molecule has 7 nitrogen and oxygen atoms in total. The van der Waals surface area contributed by atoms with Crippen LogP contribution in [-0.4, -0.2) is 50.3 Å². The fourth-order valence-electron chi connectivity index (χ4n) is 3.33. The lowest BCUT2D eigenvalue weighted by Crippen LogP contribution is -2.43. The minimum atomic E-state index is -5.08. The van der Waals surface area contributed by atoms with E-state index >= 15 is 0 Å². The highest BCUT2D eigenvalue weighted by Gasteiger charge is 2.38. The van der Waals surface area contributed by atoms with Gasteiger partial charge >= 0.3 is 12.1 Å². The van der Waals surface area contributed by atoms with Crippen molar-refractivity contribution in [3.05, 3.63) is 48.2 Å². The standard InChI is InChI=1S/C18H20FN3O2.C2HF3O2/c19-16-7-2-8-20-17(16)24-15-11-21-9-3-6-14(21)10-22(12-15)18(23)13-4-1-5-13;3-2(4,5)1(6)7/h2-3,6-9,13,15H,1,4-5,10-12H2;(H,6,7). The fraction of sp³-hybridized carbons (Fsp3) is 0.450. The molecule has 1 unspecified atom stereocenters. The molecule has 1 N–H and O–H groups in total. The Bertz CT molecular complexity index is 927. The molecule has 3 heterocycles. The van der Waals surface area contributed by atoms with Gasteiger partial charge in [-0.2, -0.15) is 13.2 Å². The summed E-state index contributed by atoms with van der Waals surface area (Å²) in [6, 6.07) is 6.85. The van der Waals surface area contributed by atoms with Gasteiger partial charge in [-0.25, -0.2) is 14.2 Å². The summed E-state index contributed by atoms with van der Waals surface area (Å²) in [5.74, 6) is -2.92. The Labute approximate surface area is 175 Å². The number of carboxylic acid groups (broad SMARTS) is 1. The molecule has 1 aliphatic heterocycles. The first kappa shape index (κ1) is 22.6. The number of aliphatic carboxylic acids is 1. The Kier molecular flexibility index (Phi) is 6.81. The van der Waals surface area contributed by atoms with Crippen molar-refractivity contribution in [3.8, 4) is 5.88 Å². The number of pyridine rings is 1. The zero-order chi connectivity index (χ0) is 22.6. The van der Waals surface area contributed by atoms with Crippen molar-refractivity contribution in [2.75, 3.05) is 6.54 Å². The number of hydrogen-bond donors (Lipinski definition) is 1. The second-order valence-electron chi connectivity index (χ2n) is 7.33. The third-order valence-corrected chi connectivity index (χ3v) is 5.11. The number of rotatable bonds is 3. The summed E-state index contributed by atoms with van der Waals surface area (Å²) in [5.41, 5.74) is 1.08. The highest BCUT2D eigenvalue weighted by atomic mass is 19.4. The van der Waals surface area contributed by atoms with Crippen LogP contribution in [0.5, 0.6) is 5.88 Å². The molecule has 1 atom stereocenters. The molecule has 0 aromatic carbocycles. The van der Waals surface area contributed by atoms with Gasteiger partial charge in [0.05, 0.1) is 19.6 Å². The Morgan fingerprint density at radius 1 is 1.16 bits per heavy atom. The molecule has 2 aromatic rings. The van der Waals surface area contributed by atoms with Crippen LogP contribution in [0.1, 0.15) is 25.0 Å². The molecule has 11 heteroatoms. The van der Waals surface area contributed by atoms with Crippen molar-refractivity contribution in [1.29, 1.82) is 0 Å². The van der Waals surface area contributed by atoms with Gasteiger partial charge in [0.15, 0.2) is 5.82 Å². The van der Waals surface area contributed by atoms with Gasteiger partial charge in [0.2, 0.25) is 5.91 Å². The Morgan fingerprint density at radius 2 is 1.87 bits per heavy atom.